The summed E-state index contributed by atoms with van der Waals surface area (Å²) in [4.78, 5) is 14.6. The fourth-order valence-corrected chi connectivity index (χ4v) is 0.878. The van der Waals surface area contributed by atoms with Crippen LogP contribution >= 0.6 is 0 Å². The summed E-state index contributed by atoms with van der Waals surface area (Å²) in [6, 6.07) is 3.73. The number of methoxy groups -OCH3 is 1. The van der Waals surface area contributed by atoms with Gasteiger partial charge in [0.1, 0.15) is 0 Å². The number of ether oxygens (including phenoxy) is 1. The van der Waals surface area contributed by atoms with Gasteiger partial charge in [-0.15, -0.1) is 0 Å². The number of nitrogens with one attached hydrogen (secondary N) is 1. The Labute approximate surface area is 76.9 Å². The van der Waals surface area contributed by atoms with Crippen LogP contribution in [-0.4, -0.2) is 24.6 Å². The Bertz CT molecular complexity index is 262. The summed E-state index contributed by atoms with van der Waals surface area (Å²) in [6.45, 7) is 0.568. The third-order valence-electron chi connectivity index (χ3n) is 1.55. The lowest BCUT2D eigenvalue weighted by molar-refractivity contribution is -0.140. The molecule has 4 nitrogen and oxygen atoms in total. The van der Waals surface area contributed by atoms with E-state index < -0.39 is 0 Å². The van der Waals surface area contributed by atoms with Gasteiger partial charge in [0.15, 0.2) is 0 Å². The van der Waals surface area contributed by atoms with Gasteiger partial charge in [-0.25, -0.2) is 0 Å². The summed E-state index contributed by atoms with van der Waals surface area (Å²) in [5.74, 6) is -0.212. The minimum absolute atomic E-state index is 0.212. The first-order valence-electron chi connectivity index (χ1n) is 4.03. The van der Waals surface area contributed by atoms with Crippen molar-refractivity contribution in [1.29, 1.82) is 0 Å². The zero-order valence-electron chi connectivity index (χ0n) is 7.49. The first-order chi connectivity index (χ1) is 6.33. The molecular formula is C9H12N2O2. The van der Waals surface area contributed by atoms with Gasteiger partial charge < -0.3 is 10.1 Å². The van der Waals surface area contributed by atoms with Gasteiger partial charge in [-0.3, -0.25) is 9.78 Å². The van der Waals surface area contributed by atoms with Crippen LogP contribution in [0.5, 0.6) is 0 Å². The summed E-state index contributed by atoms with van der Waals surface area (Å²) < 4.78 is 4.49. The fourth-order valence-electron chi connectivity index (χ4n) is 0.878. The lowest BCUT2D eigenvalue weighted by Crippen LogP contribution is -2.09. The quantitative estimate of drug-likeness (QED) is 0.704. The molecule has 1 N–H and O–H groups in total. The molecule has 0 fully saturated rings. The van der Waals surface area contributed by atoms with Gasteiger partial charge in [0.2, 0.25) is 0 Å². The van der Waals surface area contributed by atoms with Crippen molar-refractivity contribution in [3.05, 3.63) is 24.5 Å². The Morgan fingerprint density at radius 1 is 1.69 bits per heavy atom. The molecule has 1 aromatic rings. The lowest BCUT2D eigenvalue weighted by atomic mass is 10.4. The van der Waals surface area contributed by atoms with Crippen LogP contribution in [0.3, 0.4) is 0 Å². The standard InChI is InChI=1S/C9H12N2O2/c1-13-9(12)4-6-11-8-3-2-5-10-7-8/h2-3,5,7,11H,4,6H2,1H3. The average molecular weight is 180 g/mol. The van der Waals surface area contributed by atoms with Crippen molar-refractivity contribution >= 4 is 11.7 Å². The molecule has 0 aromatic carbocycles. The molecule has 1 rings (SSSR count). The molecule has 0 spiro atoms. The van der Waals surface area contributed by atoms with Gasteiger partial charge in [-0.2, -0.15) is 0 Å². The smallest absolute Gasteiger partial charge is 0.307 e. The van der Waals surface area contributed by atoms with E-state index in [-0.39, 0.29) is 5.97 Å². The van der Waals surface area contributed by atoms with E-state index in [1.54, 1.807) is 12.4 Å². The molecule has 0 atom stereocenters. The van der Waals surface area contributed by atoms with Crippen LogP contribution in [0.1, 0.15) is 6.42 Å². The number of anilines is 1. The normalized spacial score (nSPS) is 9.31. The minimum Gasteiger partial charge on any atom is -0.469 e. The summed E-state index contributed by atoms with van der Waals surface area (Å²) in [5, 5.41) is 3.05. The van der Waals surface area contributed by atoms with Gasteiger partial charge in [-0.1, -0.05) is 0 Å². The van der Waals surface area contributed by atoms with E-state index in [4.69, 9.17) is 0 Å². The second-order valence-corrected chi connectivity index (χ2v) is 2.49. The summed E-state index contributed by atoms with van der Waals surface area (Å²) >= 11 is 0. The number of pyridine rings is 1. The van der Waals surface area contributed by atoms with Gasteiger partial charge >= 0.3 is 5.97 Å². The Hall–Kier alpha value is -1.58. The van der Waals surface area contributed by atoms with E-state index >= 15 is 0 Å². The zero-order valence-corrected chi connectivity index (χ0v) is 7.49. The SMILES string of the molecule is COC(=O)CCNc1cccnc1. The summed E-state index contributed by atoms with van der Waals surface area (Å²) in [7, 11) is 1.38. The minimum atomic E-state index is -0.212. The Morgan fingerprint density at radius 3 is 3.15 bits per heavy atom. The molecule has 0 saturated carbocycles. The summed E-state index contributed by atoms with van der Waals surface area (Å²) in [6.07, 6.45) is 3.77. The van der Waals surface area contributed by atoms with Crippen LogP contribution in [0, 0.1) is 0 Å². The van der Waals surface area contributed by atoms with Crippen molar-refractivity contribution in [2.75, 3.05) is 19.0 Å². The number of nitrogens with zero attached hydrogens (tertiary/aromatic N) is 1. The predicted molar refractivity (Wildman–Crippen MR) is 49.4 cm³/mol. The van der Waals surface area contributed by atoms with E-state index in [0.29, 0.717) is 13.0 Å². The average Bonchev–Trinajstić information content (AvgIpc) is 2.19. The maximum atomic E-state index is 10.7. The predicted octanol–water partition coefficient (Wildman–Crippen LogP) is 1.06. The van der Waals surface area contributed by atoms with Gasteiger partial charge in [0.05, 0.1) is 19.2 Å². The molecule has 13 heavy (non-hydrogen) atoms. The molecule has 0 bridgehead atoms. The van der Waals surface area contributed by atoms with Crippen molar-refractivity contribution < 1.29 is 9.53 Å². The van der Waals surface area contributed by atoms with E-state index in [1.165, 1.54) is 7.11 Å². The third-order valence-corrected chi connectivity index (χ3v) is 1.55. The van der Waals surface area contributed by atoms with Crippen molar-refractivity contribution in [2.45, 2.75) is 6.42 Å². The van der Waals surface area contributed by atoms with Crippen LogP contribution < -0.4 is 5.32 Å². The first-order valence-corrected chi connectivity index (χ1v) is 4.03. The molecular weight excluding hydrogens is 168 g/mol. The van der Waals surface area contributed by atoms with Crippen molar-refractivity contribution in [3.8, 4) is 0 Å². The molecule has 0 unspecified atom stereocenters. The second kappa shape index (κ2) is 5.13. The fraction of sp³-hybridized carbons (Fsp3) is 0.333. The third kappa shape index (κ3) is 3.55. The highest BCUT2D eigenvalue weighted by Gasteiger charge is 1.98. The molecule has 0 aliphatic heterocycles. The highest BCUT2D eigenvalue weighted by molar-refractivity contribution is 5.69. The molecule has 0 aliphatic carbocycles. The van der Waals surface area contributed by atoms with Crippen molar-refractivity contribution in [3.63, 3.8) is 0 Å². The second-order valence-electron chi connectivity index (χ2n) is 2.49. The van der Waals surface area contributed by atoms with Crippen LogP contribution in [0.4, 0.5) is 5.69 Å². The monoisotopic (exact) mass is 180 g/mol. The molecule has 4 heteroatoms. The summed E-state index contributed by atoms with van der Waals surface area (Å²) in [5.41, 5.74) is 0.909. The van der Waals surface area contributed by atoms with Crippen molar-refractivity contribution in [2.24, 2.45) is 0 Å². The Balaban J connectivity index is 2.24. The van der Waals surface area contributed by atoms with Crippen LogP contribution in [-0.2, 0) is 9.53 Å². The molecule has 1 aromatic heterocycles. The van der Waals surface area contributed by atoms with Gasteiger partial charge in [0.25, 0.3) is 0 Å². The highest BCUT2D eigenvalue weighted by atomic mass is 16.5. The maximum Gasteiger partial charge on any atom is 0.307 e. The molecule has 0 saturated heterocycles. The number of carbonyl (C=O) groups is 1. The number of hydrogen-bond donors (Lipinski definition) is 1. The van der Waals surface area contributed by atoms with Crippen LogP contribution in [0.25, 0.3) is 0 Å². The Kier molecular flexibility index (Phi) is 3.75. The van der Waals surface area contributed by atoms with E-state index in [9.17, 15) is 4.79 Å². The molecule has 0 aliphatic rings. The van der Waals surface area contributed by atoms with E-state index in [2.05, 4.69) is 15.0 Å². The number of rotatable bonds is 4. The first kappa shape index (κ1) is 9.51. The number of esters is 1. The van der Waals surface area contributed by atoms with Gasteiger partial charge in [-0.05, 0) is 12.1 Å². The number of carbonyl (C=O) groups excluding carboxylic acids is 1. The van der Waals surface area contributed by atoms with Gasteiger partial charge in [0, 0.05) is 18.9 Å². The van der Waals surface area contributed by atoms with Crippen molar-refractivity contribution in [1.82, 2.24) is 4.98 Å². The number of aromatic nitrogens is 1. The van der Waals surface area contributed by atoms with E-state index in [1.807, 2.05) is 12.1 Å². The van der Waals surface area contributed by atoms with E-state index in [0.717, 1.165) is 5.69 Å². The molecule has 0 radical (unpaired) electrons. The lowest BCUT2D eigenvalue weighted by Gasteiger charge is -2.03. The number of hydrogen-bond acceptors (Lipinski definition) is 4. The highest BCUT2D eigenvalue weighted by Crippen LogP contribution is 2.01. The molecule has 70 valence electrons. The largest absolute Gasteiger partial charge is 0.469 e. The zero-order chi connectivity index (χ0) is 9.52. The topological polar surface area (TPSA) is 51.2 Å². The maximum absolute atomic E-state index is 10.7. The van der Waals surface area contributed by atoms with Crippen LogP contribution in [0.2, 0.25) is 0 Å². The Morgan fingerprint density at radius 2 is 2.54 bits per heavy atom. The molecule has 0 amide bonds. The molecule has 1 heterocycles. The van der Waals surface area contributed by atoms with Crippen LogP contribution in [0.15, 0.2) is 24.5 Å².